The summed E-state index contributed by atoms with van der Waals surface area (Å²) >= 11 is 7.96. The number of halogens is 4. The molecular formula is C13H12ClF3N4OS2. The number of nitrogens with one attached hydrogen (secondary N) is 2. The maximum Gasteiger partial charge on any atom is 0.418 e. The van der Waals surface area contributed by atoms with Crippen molar-refractivity contribution < 1.29 is 18.0 Å². The van der Waals surface area contributed by atoms with E-state index in [1.54, 1.807) is 0 Å². The molecule has 130 valence electrons. The molecule has 1 aromatic heterocycles. The number of carbonyl (C=O) groups excluding carboxylic acids is 1. The fraction of sp³-hybridized carbons (Fsp3) is 0.308. The van der Waals surface area contributed by atoms with Crippen LogP contribution in [0, 0.1) is 0 Å². The van der Waals surface area contributed by atoms with E-state index in [4.69, 9.17) is 11.6 Å². The lowest BCUT2D eigenvalue weighted by atomic mass is 10.1. The first kappa shape index (κ1) is 18.8. The summed E-state index contributed by atoms with van der Waals surface area (Å²) in [5, 5.41) is 13.5. The summed E-state index contributed by atoms with van der Waals surface area (Å²) in [6.07, 6.45) is -4.61. The van der Waals surface area contributed by atoms with Crippen molar-refractivity contribution >= 4 is 51.4 Å². The van der Waals surface area contributed by atoms with E-state index in [0.29, 0.717) is 16.0 Å². The molecule has 1 aromatic carbocycles. The topological polar surface area (TPSA) is 66.9 Å². The van der Waals surface area contributed by atoms with Crippen LogP contribution in [-0.2, 0) is 11.0 Å². The summed E-state index contributed by atoms with van der Waals surface area (Å²) < 4.78 is 39.4. The Balaban J connectivity index is 1.99. The highest BCUT2D eigenvalue weighted by atomic mass is 35.5. The van der Waals surface area contributed by atoms with Crippen LogP contribution in [0.2, 0.25) is 5.02 Å². The molecule has 0 fully saturated rings. The zero-order chi connectivity index (χ0) is 17.7. The van der Waals surface area contributed by atoms with Crippen LogP contribution in [0.3, 0.4) is 0 Å². The highest BCUT2D eigenvalue weighted by Gasteiger charge is 2.34. The van der Waals surface area contributed by atoms with E-state index in [1.807, 2.05) is 6.92 Å². The lowest BCUT2D eigenvalue weighted by Crippen LogP contribution is -2.18. The number of thioether (sulfide) groups is 1. The number of amides is 1. The third-order valence-corrected chi connectivity index (χ3v) is 4.87. The monoisotopic (exact) mass is 396 g/mol. The van der Waals surface area contributed by atoms with Crippen LogP contribution in [0.4, 0.5) is 24.0 Å². The minimum Gasteiger partial charge on any atom is -0.360 e. The molecule has 0 bridgehead atoms. The first-order chi connectivity index (χ1) is 11.3. The number of nitrogens with zero attached hydrogens (tertiary/aromatic N) is 2. The fourth-order valence-electron chi connectivity index (χ4n) is 1.66. The van der Waals surface area contributed by atoms with Crippen LogP contribution in [0.25, 0.3) is 0 Å². The Hall–Kier alpha value is -1.52. The van der Waals surface area contributed by atoms with Crippen molar-refractivity contribution in [3.63, 3.8) is 0 Å². The molecule has 0 unspecified atom stereocenters. The molecule has 24 heavy (non-hydrogen) atoms. The van der Waals surface area contributed by atoms with Crippen molar-refractivity contribution in [3.8, 4) is 0 Å². The highest BCUT2D eigenvalue weighted by Crippen LogP contribution is 2.36. The minimum atomic E-state index is -4.61. The Morgan fingerprint density at radius 2 is 2.12 bits per heavy atom. The number of benzene rings is 1. The summed E-state index contributed by atoms with van der Waals surface area (Å²) in [7, 11) is 0. The zero-order valence-corrected chi connectivity index (χ0v) is 14.7. The summed E-state index contributed by atoms with van der Waals surface area (Å²) in [4.78, 5) is 11.9. The molecule has 1 heterocycles. The van der Waals surface area contributed by atoms with Crippen molar-refractivity contribution in [2.75, 3.05) is 22.9 Å². The third-order valence-electron chi connectivity index (χ3n) is 2.62. The van der Waals surface area contributed by atoms with E-state index >= 15 is 0 Å². The number of anilines is 2. The second kappa shape index (κ2) is 8.04. The van der Waals surface area contributed by atoms with Gasteiger partial charge < -0.3 is 10.6 Å². The number of rotatable bonds is 6. The van der Waals surface area contributed by atoms with Gasteiger partial charge in [0.1, 0.15) is 0 Å². The second-order valence-electron chi connectivity index (χ2n) is 4.43. The third kappa shape index (κ3) is 5.25. The Labute approximate surface area is 149 Å². The van der Waals surface area contributed by atoms with Crippen molar-refractivity contribution in [3.05, 3.63) is 28.8 Å². The molecule has 1 amide bonds. The van der Waals surface area contributed by atoms with Gasteiger partial charge in [-0.1, -0.05) is 34.7 Å². The number of hydrogen-bond acceptors (Lipinski definition) is 6. The van der Waals surface area contributed by atoms with Gasteiger partial charge in [0.25, 0.3) is 0 Å². The second-order valence-corrected chi connectivity index (χ2v) is 7.06. The summed E-state index contributed by atoms with van der Waals surface area (Å²) in [5.41, 5.74) is -1.32. The smallest absolute Gasteiger partial charge is 0.360 e. The quantitative estimate of drug-likeness (QED) is 0.709. The first-order valence-corrected chi connectivity index (χ1v) is 8.84. The van der Waals surface area contributed by atoms with Crippen molar-refractivity contribution in [2.24, 2.45) is 0 Å². The number of alkyl halides is 3. The van der Waals surface area contributed by atoms with Gasteiger partial charge in [-0.05, 0) is 25.1 Å². The van der Waals surface area contributed by atoms with Crippen LogP contribution in [0.15, 0.2) is 22.5 Å². The predicted octanol–water partition coefficient (Wildman–Crippen LogP) is 4.37. The maximum atomic E-state index is 13.0. The van der Waals surface area contributed by atoms with Gasteiger partial charge in [-0.25, -0.2) is 0 Å². The van der Waals surface area contributed by atoms with Crippen LogP contribution in [-0.4, -0.2) is 28.4 Å². The van der Waals surface area contributed by atoms with Gasteiger partial charge in [0.15, 0.2) is 4.34 Å². The number of aromatic nitrogens is 2. The Morgan fingerprint density at radius 3 is 2.79 bits per heavy atom. The van der Waals surface area contributed by atoms with E-state index in [-0.39, 0.29) is 16.5 Å². The lowest BCUT2D eigenvalue weighted by molar-refractivity contribution is -0.137. The van der Waals surface area contributed by atoms with E-state index in [9.17, 15) is 18.0 Å². The van der Waals surface area contributed by atoms with Gasteiger partial charge in [-0.2, -0.15) is 13.2 Å². The van der Waals surface area contributed by atoms with Gasteiger partial charge in [0.05, 0.1) is 17.0 Å². The minimum absolute atomic E-state index is 0.0560. The van der Waals surface area contributed by atoms with E-state index in [2.05, 4.69) is 20.8 Å². The lowest BCUT2D eigenvalue weighted by Gasteiger charge is -2.13. The Bertz CT molecular complexity index is 723. The van der Waals surface area contributed by atoms with Crippen molar-refractivity contribution in [2.45, 2.75) is 17.4 Å². The van der Waals surface area contributed by atoms with E-state index in [0.717, 1.165) is 23.9 Å². The molecule has 0 saturated carbocycles. The highest BCUT2D eigenvalue weighted by molar-refractivity contribution is 8.01. The Kier molecular flexibility index (Phi) is 6.30. The largest absolute Gasteiger partial charge is 0.418 e. The van der Waals surface area contributed by atoms with Crippen LogP contribution < -0.4 is 10.6 Å². The van der Waals surface area contributed by atoms with Gasteiger partial charge in [-0.15, -0.1) is 10.2 Å². The molecule has 2 rings (SSSR count). The molecule has 5 nitrogen and oxygen atoms in total. The number of carbonyl (C=O) groups is 1. The Morgan fingerprint density at radius 1 is 1.38 bits per heavy atom. The molecule has 0 aliphatic heterocycles. The zero-order valence-electron chi connectivity index (χ0n) is 12.3. The maximum absolute atomic E-state index is 13.0. The molecule has 0 radical (unpaired) electrons. The van der Waals surface area contributed by atoms with Crippen molar-refractivity contribution in [1.29, 1.82) is 0 Å². The average Bonchev–Trinajstić information content (AvgIpc) is 2.94. The van der Waals surface area contributed by atoms with Gasteiger partial charge >= 0.3 is 6.18 Å². The molecular weight excluding hydrogens is 385 g/mol. The molecule has 0 saturated heterocycles. The van der Waals surface area contributed by atoms with E-state index in [1.165, 1.54) is 17.4 Å². The predicted molar refractivity (Wildman–Crippen MR) is 89.9 cm³/mol. The van der Waals surface area contributed by atoms with Crippen LogP contribution in [0.5, 0.6) is 0 Å². The SMILES string of the molecule is CCNc1nnc(SCC(=O)Nc2ccc(Cl)cc2C(F)(F)F)s1. The van der Waals surface area contributed by atoms with Gasteiger partial charge in [-0.3, -0.25) is 4.79 Å². The molecule has 0 aliphatic rings. The molecule has 0 aliphatic carbocycles. The standard InChI is InChI=1S/C13H12ClF3N4OS2/c1-2-18-11-20-21-12(24-11)23-6-10(22)19-9-4-3-7(14)5-8(9)13(15,16)17/h3-5H,2,6H2,1H3,(H,18,20)(H,19,22). The average molecular weight is 397 g/mol. The normalized spacial score (nSPS) is 11.4. The molecule has 2 aromatic rings. The first-order valence-electron chi connectivity index (χ1n) is 6.66. The van der Waals surface area contributed by atoms with Gasteiger partial charge in [0, 0.05) is 11.6 Å². The molecule has 2 N–H and O–H groups in total. The number of hydrogen-bond donors (Lipinski definition) is 2. The molecule has 0 spiro atoms. The summed E-state index contributed by atoms with van der Waals surface area (Å²) in [5.74, 6) is -0.659. The van der Waals surface area contributed by atoms with Crippen LogP contribution >= 0.6 is 34.7 Å². The summed E-state index contributed by atoms with van der Waals surface area (Å²) in [6.45, 7) is 2.60. The van der Waals surface area contributed by atoms with Crippen LogP contribution in [0.1, 0.15) is 12.5 Å². The van der Waals surface area contributed by atoms with Gasteiger partial charge in [0.2, 0.25) is 11.0 Å². The van der Waals surface area contributed by atoms with Crippen molar-refractivity contribution in [1.82, 2.24) is 10.2 Å². The molecule has 0 atom stereocenters. The summed E-state index contributed by atoms with van der Waals surface area (Å²) in [6, 6.07) is 3.19. The van der Waals surface area contributed by atoms with E-state index < -0.39 is 17.6 Å². The fourth-order valence-corrected chi connectivity index (χ4v) is 3.46. The molecule has 11 heteroatoms.